The zero-order valence-electron chi connectivity index (χ0n) is 21.9. The first-order valence-electron chi connectivity index (χ1n) is 11.8. The third-order valence-electron chi connectivity index (χ3n) is 7.87. The number of carbonyl (C=O) groups is 1. The molecule has 2 aliphatic heterocycles. The second kappa shape index (κ2) is 9.57. The van der Waals surface area contributed by atoms with Crippen molar-refractivity contribution in [2.75, 3.05) is 28.4 Å². The van der Waals surface area contributed by atoms with E-state index in [9.17, 15) is 9.90 Å². The molecule has 36 heavy (non-hydrogen) atoms. The molecule has 0 spiro atoms. The minimum atomic E-state index is -1.42. The van der Waals surface area contributed by atoms with Crippen LogP contribution in [-0.2, 0) is 42.6 Å². The molecule has 1 aliphatic carbocycles. The number of aliphatic hydroxyl groups excluding tert-OH is 1. The summed E-state index contributed by atoms with van der Waals surface area (Å²) in [6, 6.07) is 8.51. The van der Waals surface area contributed by atoms with Crippen LogP contribution in [0.25, 0.3) is 0 Å². The van der Waals surface area contributed by atoms with E-state index in [0.29, 0.717) is 5.56 Å². The summed E-state index contributed by atoms with van der Waals surface area (Å²) < 4.78 is 53.8. The molecule has 202 valence electrons. The fraction of sp³-hybridized carbons (Fsp3) is 0.720. The molecule has 1 aromatic rings. The number of aliphatic hydroxyl groups is 1. The van der Waals surface area contributed by atoms with Crippen molar-refractivity contribution in [3.05, 3.63) is 35.9 Å². The van der Waals surface area contributed by atoms with Crippen molar-refractivity contribution in [2.24, 2.45) is 0 Å². The van der Waals surface area contributed by atoms with Gasteiger partial charge in [0.25, 0.3) is 0 Å². The second-order valence-corrected chi connectivity index (χ2v) is 9.66. The molecule has 1 saturated carbocycles. The zero-order chi connectivity index (χ0) is 26.5. The lowest BCUT2D eigenvalue weighted by atomic mass is 9.81. The average Bonchev–Trinajstić information content (AvgIpc) is 2.89. The van der Waals surface area contributed by atoms with Crippen molar-refractivity contribution in [1.29, 1.82) is 0 Å². The molecule has 11 heteroatoms. The summed E-state index contributed by atoms with van der Waals surface area (Å²) in [5, 5.41) is 11.5. The number of carbonyl (C=O) groups excluding carboxylic acids is 1. The second-order valence-electron chi connectivity index (χ2n) is 9.66. The van der Waals surface area contributed by atoms with Crippen molar-refractivity contribution in [3.8, 4) is 0 Å². The molecule has 2 unspecified atom stereocenters. The molecule has 2 saturated heterocycles. The molecule has 0 bridgehead atoms. The Morgan fingerprint density at radius 1 is 0.694 bits per heavy atom. The van der Waals surface area contributed by atoms with E-state index in [1.807, 2.05) is 0 Å². The van der Waals surface area contributed by atoms with Gasteiger partial charge in [-0.3, -0.25) is 0 Å². The molecule has 1 N–H and O–H groups in total. The van der Waals surface area contributed by atoms with Crippen LogP contribution in [0.3, 0.4) is 0 Å². The van der Waals surface area contributed by atoms with Gasteiger partial charge >= 0.3 is 5.97 Å². The number of benzene rings is 1. The Morgan fingerprint density at radius 3 is 1.42 bits per heavy atom. The van der Waals surface area contributed by atoms with Gasteiger partial charge in [0, 0.05) is 28.4 Å². The summed E-state index contributed by atoms with van der Waals surface area (Å²) in [6.07, 6.45) is -6.48. The number of ether oxygens (including phenoxy) is 9. The van der Waals surface area contributed by atoms with Crippen LogP contribution in [0.2, 0.25) is 0 Å². The number of rotatable bonds is 6. The molecule has 3 aliphatic rings. The van der Waals surface area contributed by atoms with E-state index < -0.39 is 65.7 Å². The fourth-order valence-corrected chi connectivity index (χ4v) is 4.98. The molecule has 2 heterocycles. The zero-order valence-corrected chi connectivity index (χ0v) is 21.9. The molecular formula is C25H36O11. The highest BCUT2D eigenvalue weighted by molar-refractivity contribution is 5.89. The van der Waals surface area contributed by atoms with Gasteiger partial charge in [-0.25, -0.2) is 4.79 Å². The molecule has 4 rings (SSSR count). The number of esters is 1. The van der Waals surface area contributed by atoms with Gasteiger partial charge < -0.3 is 47.7 Å². The third kappa shape index (κ3) is 4.07. The van der Waals surface area contributed by atoms with Crippen molar-refractivity contribution in [3.63, 3.8) is 0 Å². The monoisotopic (exact) mass is 512 g/mol. The Kier molecular flexibility index (Phi) is 7.28. The van der Waals surface area contributed by atoms with Gasteiger partial charge in [-0.05, 0) is 39.8 Å². The largest absolute Gasteiger partial charge is 0.453 e. The first-order valence-corrected chi connectivity index (χ1v) is 11.8. The van der Waals surface area contributed by atoms with Gasteiger partial charge in [0.05, 0.1) is 5.56 Å². The Hall–Kier alpha value is -1.67. The van der Waals surface area contributed by atoms with Crippen LogP contribution in [0.1, 0.15) is 38.1 Å². The van der Waals surface area contributed by atoms with Crippen molar-refractivity contribution in [2.45, 2.75) is 87.5 Å². The van der Waals surface area contributed by atoms with Gasteiger partial charge in [-0.2, -0.15) is 0 Å². The van der Waals surface area contributed by atoms with E-state index >= 15 is 0 Å². The molecule has 1 aromatic carbocycles. The quantitative estimate of drug-likeness (QED) is 0.560. The van der Waals surface area contributed by atoms with Crippen LogP contribution in [-0.4, -0.2) is 99.3 Å². The maximum atomic E-state index is 13.2. The minimum absolute atomic E-state index is 0.331. The Morgan fingerprint density at radius 2 is 1.06 bits per heavy atom. The molecule has 3 fully saturated rings. The van der Waals surface area contributed by atoms with Gasteiger partial charge in [0.2, 0.25) is 23.1 Å². The van der Waals surface area contributed by atoms with E-state index in [0.717, 1.165) is 0 Å². The molecule has 0 amide bonds. The Balaban J connectivity index is 1.78. The molecule has 0 aromatic heterocycles. The summed E-state index contributed by atoms with van der Waals surface area (Å²) in [5.41, 5.74) is 0.331. The summed E-state index contributed by atoms with van der Waals surface area (Å²) in [4.78, 5) is 13.2. The normalized spacial score (nSPS) is 46.5. The highest BCUT2D eigenvalue weighted by Gasteiger charge is 2.69. The van der Waals surface area contributed by atoms with Crippen LogP contribution in [0.15, 0.2) is 30.3 Å². The molecule has 11 nitrogen and oxygen atoms in total. The predicted octanol–water partition coefficient (Wildman–Crippen LogP) is 1.60. The molecule has 10 atom stereocenters. The van der Waals surface area contributed by atoms with Gasteiger partial charge in [-0.15, -0.1) is 0 Å². The van der Waals surface area contributed by atoms with Gasteiger partial charge in [0.1, 0.15) is 30.5 Å². The highest BCUT2D eigenvalue weighted by atomic mass is 16.8. The van der Waals surface area contributed by atoms with Crippen LogP contribution in [0, 0.1) is 0 Å². The first-order chi connectivity index (χ1) is 16.9. The lowest BCUT2D eigenvalue weighted by molar-refractivity contribution is -0.503. The van der Waals surface area contributed by atoms with Crippen LogP contribution in [0.4, 0.5) is 0 Å². The number of hydrogen-bond donors (Lipinski definition) is 1. The Bertz CT molecular complexity index is 897. The van der Waals surface area contributed by atoms with Crippen molar-refractivity contribution < 1.29 is 52.5 Å². The highest BCUT2D eigenvalue weighted by Crippen LogP contribution is 2.49. The summed E-state index contributed by atoms with van der Waals surface area (Å²) in [5.74, 6) is -6.28. The average molecular weight is 513 g/mol. The summed E-state index contributed by atoms with van der Waals surface area (Å²) in [7, 11) is 5.77. The molecular weight excluding hydrogens is 476 g/mol. The minimum Gasteiger partial charge on any atom is -0.453 e. The third-order valence-corrected chi connectivity index (χ3v) is 7.87. The topological polar surface area (TPSA) is 120 Å². The van der Waals surface area contributed by atoms with E-state index in [1.165, 1.54) is 28.4 Å². The van der Waals surface area contributed by atoms with Crippen molar-refractivity contribution >= 4 is 5.97 Å². The summed E-state index contributed by atoms with van der Waals surface area (Å²) in [6.45, 7) is 6.55. The maximum Gasteiger partial charge on any atom is 0.338 e. The van der Waals surface area contributed by atoms with Gasteiger partial charge in [0.15, 0.2) is 6.10 Å². The number of fused-ring (bicyclic) bond motifs is 2. The lowest BCUT2D eigenvalue weighted by Gasteiger charge is -2.61. The van der Waals surface area contributed by atoms with Crippen molar-refractivity contribution in [1.82, 2.24) is 0 Å². The van der Waals surface area contributed by atoms with Crippen LogP contribution in [0.5, 0.6) is 0 Å². The first kappa shape index (κ1) is 27.4. The molecule has 0 radical (unpaired) electrons. The smallest absolute Gasteiger partial charge is 0.338 e. The van der Waals surface area contributed by atoms with E-state index in [2.05, 4.69) is 0 Å². The van der Waals surface area contributed by atoms with E-state index in [-0.39, 0.29) is 0 Å². The SMILES string of the molecule is CO[C@@]1(C)O[C@@H]2C(O)[C@@H]3O[C@@](C)(OC)[C@](C)(OC)O[C@H]3C(OC(=O)c3ccccc3)[C@H]2O[C@]1(C)OC. The number of methoxy groups -OCH3 is 4. The fourth-order valence-electron chi connectivity index (χ4n) is 4.98. The number of hydrogen-bond acceptors (Lipinski definition) is 11. The standard InChI is InChI=1S/C25H36O11/c1-22(28-5)24(3,30-7)35-19-16(33-22)15(26)17-20(36-25(4,31-8)23(2,29-6)34-17)18(19)32-21(27)14-12-10-9-11-13-14/h9-13,15-20,26H,1-8H3/t15?,16-,17+,18?,19+,20-,22+,23-,24+,25-. The van der Waals surface area contributed by atoms with E-state index in [1.54, 1.807) is 58.0 Å². The van der Waals surface area contributed by atoms with Crippen LogP contribution >= 0.6 is 0 Å². The predicted molar refractivity (Wildman–Crippen MR) is 123 cm³/mol. The lowest BCUT2D eigenvalue weighted by Crippen LogP contribution is -2.79. The summed E-state index contributed by atoms with van der Waals surface area (Å²) >= 11 is 0. The van der Waals surface area contributed by atoms with E-state index in [4.69, 9.17) is 42.6 Å². The van der Waals surface area contributed by atoms with Crippen LogP contribution < -0.4 is 0 Å². The maximum absolute atomic E-state index is 13.2. The van der Waals surface area contributed by atoms with Gasteiger partial charge in [-0.1, -0.05) is 18.2 Å². The Labute approximate surface area is 210 Å².